The van der Waals surface area contributed by atoms with Crippen LogP contribution in [0.25, 0.3) is 0 Å². The van der Waals surface area contributed by atoms with Gasteiger partial charge in [0.1, 0.15) is 0 Å². The first-order valence-electron chi connectivity index (χ1n) is 3.67. The molecule has 1 aliphatic carbocycles. The molecule has 0 aromatic heterocycles. The summed E-state index contributed by atoms with van der Waals surface area (Å²) in [6, 6.07) is 0. The fourth-order valence-corrected chi connectivity index (χ4v) is 1.26. The van der Waals surface area contributed by atoms with E-state index in [-0.39, 0.29) is 5.38 Å². The zero-order valence-electron chi connectivity index (χ0n) is 6.55. The maximum atomic E-state index is 5.92. The molecule has 0 radical (unpaired) electrons. The van der Waals surface area contributed by atoms with E-state index in [1.165, 1.54) is 0 Å². The predicted octanol–water partition coefficient (Wildman–Crippen LogP) is 2.34. The van der Waals surface area contributed by atoms with Gasteiger partial charge in [0.2, 0.25) is 0 Å². The summed E-state index contributed by atoms with van der Waals surface area (Å²) in [7, 11) is 0. The highest BCUT2D eigenvalue weighted by Crippen LogP contribution is 2.18. The minimum absolute atomic E-state index is 0.0300. The van der Waals surface area contributed by atoms with Gasteiger partial charge in [-0.1, -0.05) is 18.2 Å². The summed E-state index contributed by atoms with van der Waals surface area (Å²) in [5, 5.41) is 0.0300. The van der Waals surface area contributed by atoms with Gasteiger partial charge in [-0.2, -0.15) is 0 Å². The van der Waals surface area contributed by atoms with E-state index in [0.717, 1.165) is 17.7 Å². The highest BCUT2D eigenvalue weighted by Gasteiger charge is 2.07. The lowest BCUT2D eigenvalue weighted by molar-refractivity contribution is 1.01. The Morgan fingerprint density at radius 2 is 2.27 bits per heavy atom. The van der Waals surface area contributed by atoms with Crippen molar-refractivity contribution in [3.63, 3.8) is 0 Å². The standard InChI is InChI=1S/C9H12ClN/c1-7(10)8-5-3-2-4-6-9(8)11/h2-4,6-7H,5,11H2,1H3. The summed E-state index contributed by atoms with van der Waals surface area (Å²) in [5.41, 5.74) is 7.66. The van der Waals surface area contributed by atoms with Crippen LogP contribution < -0.4 is 5.73 Å². The number of rotatable bonds is 1. The lowest BCUT2D eigenvalue weighted by Crippen LogP contribution is -2.06. The first-order valence-corrected chi connectivity index (χ1v) is 4.11. The van der Waals surface area contributed by atoms with Crippen molar-refractivity contribution in [3.8, 4) is 0 Å². The van der Waals surface area contributed by atoms with Crippen LogP contribution in [0.5, 0.6) is 0 Å². The van der Waals surface area contributed by atoms with Gasteiger partial charge in [0.15, 0.2) is 0 Å². The Morgan fingerprint density at radius 3 is 2.91 bits per heavy atom. The predicted molar refractivity (Wildman–Crippen MR) is 49.4 cm³/mol. The second kappa shape index (κ2) is 3.63. The molecule has 0 saturated heterocycles. The van der Waals surface area contributed by atoms with Gasteiger partial charge < -0.3 is 5.73 Å². The van der Waals surface area contributed by atoms with Crippen LogP contribution in [0, 0.1) is 0 Å². The van der Waals surface area contributed by atoms with Crippen LogP contribution in [-0.4, -0.2) is 5.38 Å². The van der Waals surface area contributed by atoms with Crippen molar-refractivity contribution in [2.75, 3.05) is 0 Å². The Kier molecular flexibility index (Phi) is 2.77. The van der Waals surface area contributed by atoms with Crippen LogP contribution >= 0.6 is 11.6 Å². The Balaban J connectivity index is 2.89. The van der Waals surface area contributed by atoms with Gasteiger partial charge in [0, 0.05) is 5.70 Å². The minimum Gasteiger partial charge on any atom is -0.399 e. The summed E-state index contributed by atoms with van der Waals surface area (Å²) in [6.07, 6.45) is 8.73. The quantitative estimate of drug-likeness (QED) is 0.600. The number of alkyl halides is 1. The van der Waals surface area contributed by atoms with Gasteiger partial charge >= 0.3 is 0 Å². The van der Waals surface area contributed by atoms with E-state index in [1.54, 1.807) is 0 Å². The molecule has 1 atom stereocenters. The molecule has 0 aromatic rings. The van der Waals surface area contributed by atoms with E-state index in [2.05, 4.69) is 6.08 Å². The smallest absolute Gasteiger partial charge is 0.0542 e. The van der Waals surface area contributed by atoms with E-state index in [0.29, 0.717) is 0 Å². The molecule has 1 unspecified atom stereocenters. The first-order chi connectivity index (χ1) is 5.22. The molecule has 0 spiro atoms. The maximum Gasteiger partial charge on any atom is 0.0542 e. The second-order valence-corrected chi connectivity index (χ2v) is 3.24. The summed E-state index contributed by atoms with van der Waals surface area (Å²) in [4.78, 5) is 0. The monoisotopic (exact) mass is 169 g/mol. The number of hydrogen-bond acceptors (Lipinski definition) is 1. The third-order valence-electron chi connectivity index (χ3n) is 1.71. The molecule has 0 saturated carbocycles. The Bertz CT molecular complexity index is 224. The molecule has 11 heavy (non-hydrogen) atoms. The van der Waals surface area contributed by atoms with Crippen LogP contribution in [0.3, 0.4) is 0 Å². The highest BCUT2D eigenvalue weighted by molar-refractivity contribution is 6.22. The molecular weight excluding hydrogens is 158 g/mol. The second-order valence-electron chi connectivity index (χ2n) is 2.59. The van der Waals surface area contributed by atoms with Crippen molar-refractivity contribution < 1.29 is 0 Å². The average molecular weight is 170 g/mol. The van der Waals surface area contributed by atoms with Gasteiger partial charge in [-0.25, -0.2) is 0 Å². The Hall–Kier alpha value is -0.690. The lowest BCUT2D eigenvalue weighted by atomic mass is 10.1. The van der Waals surface area contributed by atoms with Crippen LogP contribution in [0.1, 0.15) is 13.3 Å². The molecule has 0 heterocycles. The van der Waals surface area contributed by atoms with Crippen molar-refractivity contribution in [2.45, 2.75) is 18.7 Å². The zero-order valence-corrected chi connectivity index (χ0v) is 7.31. The molecule has 0 amide bonds. The Morgan fingerprint density at radius 1 is 1.55 bits per heavy atom. The largest absolute Gasteiger partial charge is 0.399 e. The highest BCUT2D eigenvalue weighted by atomic mass is 35.5. The van der Waals surface area contributed by atoms with E-state index >= 15 is 0 Å². The topological polar surface area (TPSA) is 26.0 Å². The fraction of sp³-hybridized carbons (Fsp3) is 0.333. The molecule has 1 rings (SSSR count). The maximum absolute atomic E-state index is 5.92. The van der Waals surface area contributed by atoms with Crippen molar-refractivity contribution in [3.05, 3.63) is 35.6 Å². The van der Waals surface area contributed by atoms with E-state index in [1.807, 2.05) is 25.2 Å². The summed E-state index contributed by atoms with van der Waals surface area (Å²) < 4.78 is 0. The number of nitrogens with two attached hydrogens (primary N) is 1. The van der Waals surface area contributed by atoms with E-state index in [9.17, 15) is 0 Å². The zero-order chi connectivity index (χ0) is 8.27. The molecular formula is C9H12ClN. The molecule has 2 N–H and O–H groups in total. The molecule has 0 aliphatic heterocycles. The van der Waals surface area contributed by atoms with Crippen molar-refractivity contribution in [1.29, 1.82) is 0 Å². The van der Waals surface area contributed by atoms with Gasteiger partial charge in [-0.05, 0) is 25.0 Å². The van der Waals surface area contributed by atoms with Crippen LogP contribution in [0.15, 0.2) is 35.6 Å². The average Bonchev–Trinajstić information content (AvgIpc) is 2.13. The molecule has 0 bridgehead atoms. The normalized spacial score (nSPS) is 20.2. The van der Waals surface area contributed by atoms with Crippen molar-refractivity contribution in [1.82, 2.24) is 0 Å². The summed E-state index contributed by atoms with van der Waals surface area (Å²) >= 11 is 5.92. The number of halogens is 1. The summed E-state index contributed by atoms with van der Waals surface area (Å²) in [6.45, 7) is 1.94. The summed E-state index contributed by atoms with van der Waals surface area (Å²) in [5.74, 6) is 0. The first kappa shape index (κ1) is 8.41. The Labute approximate surface area is 72.2 Å². The van der Waals surface area contributed by atoms with Gasteiger partial charge in [0.25, 0.3) is 0 Å². The van der Waals surface area contributed by atoms with Gasteiger partial charge in [-0.15, -0.1) is 11.6 Å². The van der Waals surface area contributed by atoms with Gasteiger partial charge in [0.05, 0.1) is 5.38 Å². The lowest BCUT2D eigenvalue weighted by Gasteiger charge is -2.08. The molecule has 1 aliphatic rings. The molecule has 0 fully saturated rings. The molecule has 0 aromatic carbocycles. The van der Waals surface area contributed by atoms with Crippen LogP contribution in [0.4, 0.5) is 0 Å². The third-order valence-corrected chi connectivity index (χ3v) is 1.98. The van der Waals surface area contributed by atoms with Crippen LogP contribution in [0.2, 0.25) is 0 Å². The van der Waals surface area contributed by atoms with Crippen molar-refractivity contribution in [2.24, 2.45) is 5.73 Å². The minimum atomic E-state index is 0.0300. The van der Waals surface area contributed by atoms with Crippen LogP contribution in [-0.2, 0) is 0 Å². The van der Waals surface area contributed by atoms with Gasteiger partial charge in [-0.3, -0.25) is 0 Å². The fourth-order valence-electron chi connectivity index (χ4n) is 1.05. The molecule has 1 nitrogen and oxygen atoms in total. The number of allylic oxidation sites excluding steroid dienone is 5. The van der Waals surface area contributed by atoms with E-state index < -0.39 is 0 Å². The SMILES string of the molecule is CC(Cl)C1=C(N)C=CC=CC1. The van der Waals surface area contributed by atoms with Crippen molar-refractivity contribution >= 4 is 11.6 Å². The molecule has 2 heteroatoms. The third kappa shape index (κ3) is 2.12. The molecule has 60 valence electrons. The number of hydrogen-bond donors (Lipinski definition) is 1. The van der Waals surface area contributed by atoms with E-state index in [4.69, 9.17) is 17.3 Å².